The van der Waals surface area contributed by atoms with E-state index in [4.69, 9.17) is 0 Å². The molecular formula is C16H15BrF3N. The van der Waals surface area contributed by atoms with Crippen molar-refractivity contribution in [2.45, 2.75) is 19.1 Å². The summed E-state index contributed by atoms with van der Waals surface area (Å²) in [6.45, 7) is 1.96. The van der Waals surface area contributed by atoms with Crippen molar-refractivity contribution in [1.29, 1.82) is 0 Å². The van der Waals surface area contributed by atoms with Crippen LogP contribution in [0.1, 0.15) is 28.3 Å². The molecule has 1 atom stereocenters. The molecule has 1 N–H and O–H groups in total. The third-order valence-corrected chi connectivity index (χ3v) is 4.02. The quantitative estimate of drug-likeness (QED) is 0.806. The molecule has 2 aromatic carbocycles. The molecule has 5 heteroatoms. The number of nitrogens with one attached hydrogen (secondary N) is 1. The minimum absolute atomic E-state index is 0.304. The maximum atomic E-state index is 12.9. The van der Waals surface area contributed by atoms with Crippen molar-refractivity contribution in [3.8, 4) is 0 Å². The Balaban J connectivity index is 2.52. The zero-order valence-corrected chi connectivity index (χ0v) is 13.2. The molecule has 0 amide bonds. The lowest BCUT2D eigenvalue weighted by atomic mass is 9.96. The Hall–Kier alpha value is -1.33. The van der Waals surface area contributed by atoms with Gasteiger partial charge in [-0.15, -0.1) is 0 Å². The highest BCUT2D eigenvalue weighted by Crippen LogP contribution is 2.35. The van der Waals surface area contributed by atoms with Gasteiger partial charge < -0.3 is 5.32 Å². The maximum Gasteiger partial charge on any atom is 0.416 e. The van der Waals surface area contributed by atoms with E-state index in [9.17, 15) is 13.2 Å². The Bertz CT molecular complexity index is 638. The van der Waals surface area contributed by atoms with E-state index in [2.05, 4.69) is 21.2 Å². The van der Waals surface area contributed by atoms with Crippen LogP contribution in [0.15, 0.2) is 46.9 Å². The van der Waals surface area contributed by atoms with E-state index in [1.54, 1.807) is 7.05 Å². The Morgan fingerprint density at radius 1 is 1.10 bits per heavy atom. The van der Waals surface area contributed by atoms with Crippen molar-refractivity contribution in [1.82, 2.24) is 5.32 Å². The summed E-state index contributed by atoms with van der Waals surface area (Å²) >= 11 is 3.35. The molecule has 0 radical (unpaired) electrons. The first-order chi connectivity index (χ1) is 9.82. The van der Waals surface area contributed by atoms with E-state index in [0.29, 0.717) is 10.0 Å². The minimum atomic E-state index is -4.35. The molecule has 0 heterocycles. The molecule has 0 aliphatic heterocycles. The topological polar surface area (TPSA) is 12.0 Å². The van der Waals surface area contributed by atoms with Crippen LogP contribution in [0, 0.1) is 6.92 Å². The minimum Gasteiger partial charge on any atom is -0.309 e. The van der Waals surface area contributed by atoms with Crippen molar-refractivity contribution >= 4 is 15.9 Å². The van der Waals surface area contributed by atoms with Crippen molar-refractivity contribution in [2.24, 2.45) is 0 Å². The first kappa shape index (κ1) is 16.0. The van der Waals surface area contributed by atoms with Gasteiger partial charge in [0.1, 0.15) is 0 Å². The zero-order chi connectivity index (χ0) is 15.6. The number of hydrogen-bond acceptors (Lipinski definition) is 1. The van der Waals surface area contributed by atoms with Crippen LogP contribution in [0.3, 0.4) is 0 Å². The van der Waals surface area contributed by atoms with Gasteiger partial charge in [0.05, 0.1) is 11.6 Å². The number of rotatable bonds is 3. The summed E-state index contributed by atoms with van der Waals surface area (Å²) in [5.41, 5.74) is 1.92. The summed E-state index contributed by atoms with van der Waals surface area (Å²) in [6.07, 6.45) is -4.35. The molecule has 2 rings (SSSR count). The van der Waals surface area contributed by atoms with Crippen LogP contribution in [0.2, 0.25) is 0 Å². The Morgan fingerprint density at radius 3 is 2.38 bits per heavy atom. The molecule has 2 aromatic rings. The lowest BCUT2D eigenvalue weighted by Gasteiger charge is -2.20. The molecule has 1 unspecified atom stereocenters. The number of halogens is 4. The number of aryl methyl sites for hydroxylation is 1. The van der Waals surface area contributed by atoms with Crippen LogP contribution in [0.5, 0.6) is 0 Å². The van der Waals surface area contributed by atoms with Gasteiger partial charge in [0.25, 0.3) is 0 Å². The van der Waals surface area contributed by atoms with Gasteiger partial charge in [-0.2, -0.15) is 13.2 Å². The molecule has 21 heavy (non-hydrogen) atoms. The molecule has 0 saturated heterocycles. The number of alkyl halides is 3. The summed E-state index contributed by atoms with van der Waals surface area (Å²) in [7, 11) is 1.74. The Morgan fingerprint density at radius 2 is 1.81 bits per heavy atom. The van der Waals surface area contributed by atoms with Gasteiger partial charge in [-0.25, -0.2) is 0 Å². The highest BCUT2D eigenvalue weighted by atomic mass is 79.9. The van der Waals surface area contributed by atoms with Crippen LogP contribution in [-0.2, 0) is 6.18 Å². The average Bonchev–Trinajstić information content (AvgIpc) is 2.40. The van der Waals surface area contributed by atoms with Gasteiger partial charge in [0, 0.05) is 4.47 Å². The van der Waals surface area contributed by atoms with Gasteiger partial charge in [0.2, 0.25) is 0 Å². The summed E-state index contributed by atoms with van der Waals surface area (Å²) in [5, 5.41) is 3.08. The monoisotopic (exact) mass is 357 g/mol. The second kappa shape index (κ2) is 6.20. The Labute approximate surface area is 130 Å². The molecular weight excluding hydrogens is 343 g/mol. The summed E-state index contributed by atoms with van der Waals surface area (Å²) in [4.78, 5) is 0. The fourth-order valence-corrected chi connectivity index (χ4v) is 2.77. The van der Waals surface area contributed by atoms with Crippen LogP contribution in [0.4, 0.5) is 13.2 Å². The molecule has 0 aliphatic carbocycles. The van der Waals surface area contributed by atoms with E-state index in [1.807, 2.05) is 31.2 Å². The molecule has 0 spiro atoms. The molecule has 0 bridgehead atoms. The molecule has 0 aromatic heterocycles. The van der Waals surface area contributed by atoms with Crippen molar-refractivity contribution in [3.05, 3.63) is 69.2 Å². The highest BCUT2D eigenvalue weighted by molar-refractivity contribution is 9.10. The van der Waals surface area contributed by atoms with Gasteiger partial charge in [0.15, 0.2) is 0 Å². The predicted octanol–water partition coefficient (Wildman–Crippen LogP) is 5.09. The van der Waals surface area contributed by atoms with Crippen LogP contribution in [0.25, 0.3) is 0 Å². The van der Waals surface area contributed by atoms with E-state index in [-0.39, 0.29) is 6.04 Å². The van der Waals surface area contributed by atoms with Gasteiger partial charge >= 0.3 is 6.18 Å². The Kier molecular flexibility index (Phi) is 4.74. The molecule has 0 aliphatic rings. The first-order valence-electron chi connectivity index (χ1n) is 6.43. The summed E-state index contributed by atoms with van der Waals surface area (Å²) in [6, 6.07) is 11.1. The third kappa shape index (κ3) is 3.66. The average molecular weight is 358 g/mol. The van der Waals surface area contributed by atoms with Gasteiger partial charge in [-0.05, 0) is 43.3 Å². The first-order valence-corrected chi connectivity index (χ1v) is 7.22. The van der Waals surface area contributed by atoms with E-state index in [1.165, 1.54) is 12.1 Å². The molecule has 0 saturated carbocycles. The molecule has 0 fully saturated rings. The fraction of sp³-hybridized carbons (Fsp3) is 0.250. The highest BCUT2D eigenvalue weighted by Gasteiger charge is 2.31. The maximum absolute atomic E-state index is 12.9. The lowest BCUT2D eigenvalue weighted by Crippen LogP contribution is -2.19. The van der Waals surface area contributed by atoms with Crippen molar-refractivity contribution in [3.63, 3.8) is 0 Å². The van der Waals surface area contributed by atoms with Crippen LogP contribution < -0.4 is 5.32 Å². The number of benzene rings is 2. The molecule has 1 nitrogen and oxygen atoms in total. The lowest BCUT2D eigenvalue weighted by molar-refractivity contribution is -0.137. The van der Waals surface area contributed by atoms with E-state index in [0.717, 1.165) is 17.2 Å². The van der Waals surface area contributed by atoms with Crippen molar-refractivity contribution < 1.29 is 13.2 Å². The second-order valence-corrected chi connectivity index (χ2v) is 5.72. The molecule has 112 valence electrons. The SMILES string of the molecule is CNC(c1cccc(C)c1)c1cc(C(F)(F)F)ccc1Br. The summed E-state index contributed by atoms with van der Waals surface area (Å²) < 4.78 is 39.3. The zero-order valence-electron chi connectivity index (χ0n) is 11.6. The summed E-state index contributed by atoms with van der Waals surface area (Å²) in [5.74, 6) is 0. The standard InChI is InChI=1S/C16H15BrF3N/c1-10-4-3-5-11(8-10)15(21-2)13-9-12(16(18,19)20)6-7-14(13)17/h3-9,15,21H,1-2H3. The smallest absolute Gasteiger partial charge is 0.309 e. The van der Waals surface area contributed by atoms with E-state index >= 15 is 0 Å². The third-order valence-electron chi connectivity index (χ3n) is 3.30. The normalized spacial score (nSPS) is 13.2. The van der Waals surface area contributed by atoms with E-state index < -0.39 is 11.7 Å². The van der Waals surface area contributed by atoms with Crippen LogP contribution >= 0.6 is 15.9 Å². The van der Waals surface area contributed by atoms with Crippen LogP contribution in [-0.4, -0.2) is 7.05 Å². The largest absolute Gasteiger partial charge is 0.416 e. The van der Waals surface area contributed by atoms with Gasteiger partial charge in [-0.3, -0.25) is 0 Å². The predicted molar refractivity (Wildman–Crippen MR) is 81.2 cm³/mol. The second-order valence-electron chi connectivity index (χ2n) is 4.87. The van der Waals surface area contributed by atoms with Crippen molar-refractivity contribution in [2.75, 3.05) is 7.05 Å². The van der Waals surface area contributed by atoms with Gasteiger partial charge in [-0.1, -0.05) is 45.8 Å². The number of hydrogen-bond donors (Lipinski definition) is 1. The fourth-order valence-electron chi connectivity index (χ4n) is 2.29.